The molecule has 1 amide bonds. The lowest BCUT2D eigenvalue weighted by Crippen LogP contribution is -2.46. The molecule has 1 saturated heterocycles. The Bertz CT molecular complexity index is 569. The van der Waals surface area contributed by atoms with Crippen molar-refractivity contribution in [3.8, 4) is 5.75 Å². The average molecular weight is 327 g/mol. The molecule has 6 heteroatoms. The Kier molecular flexibility index (Phi) is 4.74. The molecule has 21 heavy (non-hydrogen) atoms. The molecule has 1 aliphatic rings. The zero-order valence-corrected chi connectivity index (χ0v) is 13.8. The Balaban J connectivity index is 2.14. The van der Waals surface area contributed by atoms with Gasteiger partial charge in [0.2, 0.25) is 0 Å². The minimum atomic E-state index is -0.157. The first-order chi connectivity index (χ1) is 9.87. The maximum absolute atomic E-state index is 12.6. The third kappa shape index (κ3) is 3.30. The lowest BCUT2D eigenvalue weighted by Gasteiger charge is -2.38. The molecule has 0 aromatic heterocycles. The highest BCUT2D eigenvalue weighted by atomic mass is 35.5. The number of thiocarbonyl (C=S) groups is 1. The van der Waals surface area contributed by atoms with Crippen molar-refractivity contribution in [1.29, 1.82) is 0 Å². The van der Waals surface area contributed by atoms with E-state index in [1.807, 2.05) is 4.90 Å². The second-order valence-corrected chi connectivity index (χ2v) is 6.44. The number of hydrogen-bond acceptors (Lipinski definition) is 3. The fourth-order valence-electron chi connectivity index (χ4n) is 2.46. The van der Waals surface area contributed by atoms with E-state index in [0.29, 0.717) is 34.4 Å². The van der Waals surface area contributed by atoms with Crippen LogP contribution in [-0.2, 0) is 0 Å². The molecule has 2 N–H and O–H groups in total. The number of nitrogens with zero attached hydrogens (tertiary/aromatic N) is 1. The maximum Gasteiger partial charge on any atom is 0.257 e. The Morgan fingerprint density at radius 1 is 1.43 bits per heavy atom. The van der Waals surface area contributed by atoms with Crippen LogP contribution in [0.3, 0.4) is 0 Å². The average Bonchev–Trinajstić information content (AvgIpc) is 2.47. The number of likely N-dealkylation sites (tertiary alicyclic amines) is 1. The molecular formula is C15H19ClN2O2S. The number of carbonyl (C=O) groups excluding carboxylic acids is 1. The van der Waals surface area contributed by atoms with Crippen LogP contribution in [0, 0.1) is 5.41 Å². The van der Waals surface area contributed by atoms with Gasteiger partial charge in [0.05, 0.1) is 17.7 Å². The van der Waals surface area contributed by atoms with Crippen LogP contribution in [0.4, 0.5) is 0 Å². The highest BCUT2D eigenvalue weighted by Crippen LogP contribution is 2.33. The van der Waals surface area contributed by atoms with Gasteiger partial charge in [0.25, 0.3) is 5.91 Å². The number of benzene rings is 1. The number of hydrogen-bond donors (Lipinski definition) is 1. The van der Waals surface area contributed by atoms with Gasteiger partial charge in [-0.3, -0.25) is 4.79 Å². The van der Waals surface area contributed by atoms with E-state index in [4.69, 9.17) is 34.3 Å². The number of methoxy groups -OCH3 is 1. The normalized spacial score (nSPS) is 17.4. The van der Waals surface area contributed by atoms with E-state index in [1.54, 1.807) is 18.2 Å². The number of ether oxygens (including phenoxy) is 1. The first kappa shape index (κ1) is 16.0. The lowest BCUT2D eigenvalue weighted by molar-refractivity contribution is 0.0667. The molecule has 1 aliphatic heterocycles. The van der Waals surface area contributed by atoms with E-state index in [2.05, 4.69) is 6.92 Å². The van der Waals surface area contributed by atoms with Gasteiger partial charge >= 0.3 is 0 Å². The number of carbonyl (C=O) groups is 1. The van der Waals surface area contributed by atoms with Gasteiger partial charge in [-0.15, -0.1) is 0 Å². The van der Waals surface area contributed by atoms with Crippen molar-refractivity contribution in [2.24, 2.45) is 11.1 Å². The minimum absolute atomic E-state index is 0.0477. The van der Waals surface area contributed by atoms with Crippen LogP contribution in [0.1, 0.15) is 30.1 Å². The number of halogens is 1. The molecule has 2 rings (SSSR count). The first-order valence-corrected chi connectivity index (χ1v) is 7.59. The van der Waals surface area contributed by atoms with E-state index < -0.39 is 0 Å². The van der Waals surface area contributed by atoms with Crippen molar-refractivity contribution in [2.75, 3.05) is 20.2 Å². The summed E-state index contributed by atoms with van der Waals surface area (Å²) in [6, 6.07) is 5.04. The number of piperidine rings is 1. The molecular weight excluding hydrogens is 308 g/mol. The van der Waals surface area contributed by atoms with E-state index >= 15 is 0 Å². The molecule has 4 nitrogen and oxygen atoms in total. The zero-order chi connectivity index (χ0) is 15.6. The number of rotatable bonds is 3. The molecule has 1 heterocycles. The summed E-state index contributed by atoms with van der Waals surface area (Å²) >= 11 is 11.0. The lowest BCUT2D eigenvalue weighted by atomic mass is 9.80. The van der Waals surface area contributed by atoms with Crippen LogP contribution in [0.15, 0.2) is 18.2 Å². The zero-order valence-electron chi connectivity index (χ0n) is 12.2. The van der Waals surface area contributed by atoms with Crippen molar-refractivity contribution >= 4 is 34.7 Å². The molecule has 0 bridgehead atoms. The first-order valence-electron chi connectivity index (χ1n) is 6.80. The molecule has 0 radical (unpaired) electrons. The van der Waals surface area contributed by atoms with Crippen LogP contribution in [0.25, 0.3) is 0 Å². The predicted octanol–water partition coefficient (Wildman–Crippen LogP) is 2.88. The van der Waals surface area contributed by atoms with Gasteiger partial charge in [-0.25, -0.2) is 0 Å². The molecule has 0 unspecified atom stereocenters. The third-order valence-electron chi connectivity index (χ3n) is 4.14. The van der Waals surface area contributed by atoms with E-state index in [0.717, 1.165) is 12.8 Å². The summed E-state index contributed by atoms with van der Waals surface area (Å²) in [7, 11) is 1.53. The van der Waals surface area contributed by atoms with Gasteiger partial charge in [0.1, 0.15) is 5.75 Å². The molecule has 1 aromatic carbocycles. The van der Waals surface area contributed by atoms with E-state index in [-0.39, 0.29) is 11.3 Å². The number of amides is 1. The molecule has 0 atom stereocenters. The summed E-state index contributed by atoms with van der Waals surface area (Å²) in [5, 5.41) is 0.545. The topological polar surface area (TPSA) is 55.6 Å². The summed E-state index contributed by atoms with van der Waals surface area (Å²) in [6.07, 6.45) is 1.56. The smallest absolute Gasteiger partial charge is 0.257 e. The van der Waals surface area contributed by atoms with Crippen LogP contribution in [0.5, 0.6) is 5.75 Å². The standard InChI is InChI=1S/C15H19ClN2O2S/c1-15(14(17)21)5-7-18(8-6-15)13(19)11-4-3-10(16)9-12(11)20-2/h3-4,9H,5-8H2,1-2H3,(H2,17,21). The van der Waals surface area contributed by atoms with Crippen LogP contribution >= 0.6 is 23.8 Å². The largest absolute Gasteiger partial charge is 0.496 e. The molecule has 0 spiro atoms. The van der Waals surface area contributed by atoms with Gasteiger partial charge in [0.15, 0.2) is 0 Å². The van der Waals surface area contributed by atoms with E-state index in [9.17, 15) is 4.79 Å². The fourth-order valence-corrected chi connectivity index (χ4v) is 2.83. The summed E-state index contributed by atoms with van der Waals surface area (Å²) in [5.74, 6) is 0.448. The monoisotopic (exact) mass is 326 g/mol. The highest BCUT2D eigenvalue weighted by molar-refractivity contribution is 7.80. The van der Waals surface area contributed by atoms with Gasteiger partial charge in [0, 0.05) is 23.5 Å². The minimum Gasteiger partial charge on any atom is -0.496 e. The van der Waals surface area contributed by atoms with Crippen molar-refractivity contribution in [3.63, 3.8) is 0 Å². The Hall–Kier alpha value is -1.33. The molecule has 114 valence electrons. The summed E-state index contributed by atoms with van der Waals surface area (Å²) < 4.78 is 5.24. The van der Waals surface area contributed by atoms with Crippen LogP contribution in [-0.4, -0.2) is 36.0 Å². The quantitative estimate of drug-likeness (QED) is 0.868. The van der Waals surface area contributed by atoms with Gasteiger partial charge < -0.3 is 15.4 Å². The summed E-state index contributed by atoms with van der Waals surface area (Å²) in [4.78, 5) is 14.9. The van der Waals surface area contributed by atoms with Crippen molar-refractivity contribution in [1.82, 2.24) is 4.90 Å². The maximum atomic E-state index is 12.6. The van der Waals surface area contributed by atoms with Crippen molar-refractivity contribution < 1.29 is 9.53 Å². The van der Waals surface area contributed by atoms with Crippen molar-refractivity contribution in [3.05, 3.63) is 28.8 Å². The van der Waals surface area contributed by atoms with Gasteiger partial charge in [-0.05, 0) is 31.0 Å². The highest BCUT2D eigenvalue weighted by Gasteiger charge is 2.34. The predicted molar refractivity (Wildman–Crippen MR) is 88.0 cm³/mol. The van der Waals surface area contributed by atoms with Crippen LogP contribution in [0.2, 0.25) is 5.02 Å². The van der Waals surface area contributed by atoms with Gasteiger partial charge in [-0.1, -0.05) is 30.7 Å². The second-order valence-electron chi connectivity index (χ2n) is 5.56. The Morgan fingerprint density at radius 2 is 2.05 bits per heavy atom. The summed E-state index contributed by atoms with van der Waals surface area (Å²) in [6.45, 7) is 3.33. The summed E-state index contributed by atoms with van der Waals surface area (Å²) in [5.41, 5.74) is 6.16. The number of nitrogens with two attached hydrogens (primary N) is 1. The van der Waals surface area contributed by atoms with E-state index in [1.165, 1.54) is 7.11 Å². The fraction of sp³-hybridized carbons (Fsp3) is 0.467. The van der Waals surface area contributed by atoms with Gasteiger partial charge in [-0.2, -0.15) is 0 Å². The van der Waals surface area contributed by atoms with Crippen LogP contribution < -0.4 is 10.5 Å². The molecule has 0 saturated carbocycles. The van der Waals surface area contributed by atoms with Crippen molar-refractivity contribution in [2.45, 2.75) is 19.8 Å². The second kappa shape index (κ2) is 6.20. The third-order valence-corrected chi connectivity index (χ3v) is 4.87. The Morgan fingerprint density at radius 3 is 2.57 bits per heavy atom. The molecule has 0 aliphatic carbocycles. The SMILES string of the molecule is COc1cc(Cl)ccc1C(=O)N1CCC(C)(C(N)=S)CC1. The Labute approximate surface area is 135 Å². The molecule has 1 fully saturated rings. The molecule has 1 aromatic rings.